The lowest BCUT2D eigenvalue weighted by Crippen LogP contribution is -2.32. The monoisotopic (exact) mass is 362 g/mol. The molecule has 0 spiro atoms. The number of anilines is 2. The van der Waals surface area contributed by atoms with Gasteiger partial charge in [-0.15, -0.1) is 0 Å². The third-order valence-electron chi connectivity index (χ3n) is 3.99. The van der Waals surface area contributed by atoms with Crippen LogP contribution in [0.1, 0.15) is 11.1 Å². The molecule has 2 heterocycles. The van der Waals surface area contributed by atoms with E-state index in [4.69, 9.17) is 22.0 Å². The lowest BCUT2D eigenvalue weighted by Gasteiger charge is -2.22. The summed E-state index contributed by atoms with van der Waals surface area (Å²) < 4.78 is 5.70. The molecule has 7 heteroatoms. The number of aromatic nitrogens is 2. The first-order valence-electron chi connectivity index (χ1n) is 8.45. The van der Waals surface area contributed by atoms with Crippen molar-refractivity contribution in [1.29, 1.82) is 0 Å². The van der Waals surface area contributed by atoms with Crippen LogP contribution >= 0.6 is 0 Å². The van der Waals surface area contributed by atoms with Crippen LogP contribution < -0.4 is 27.1 Å². The predicted octanol–water partition coefficient (Wildman–Crippen LogP) is 2.36. The van der Waals surface area contributed by atoms with E-state index < -0.39 is 0 Å². The summed E-state index contributed by atoms with van der Waals surface area (Å²) in [5.74, 6) is 7.05. The number of benzene rings is 1. The van der Waals surface area contributed by atoms with Gasteiger partial charge in [0.05, 0.1) is 11.4 Å². The Morgan fingerprint density at radius 3 is 2.48 bits per heavy atom. The molecule has 0 atom stereocenters. The molecule has 3 rings (SSSR count). The van der Waals surface area contributed by atoms with Crippen molar-refractivity contribution in [3.05, 3.63) is 90.0 Å². The van der Waals surface area contributed by atoms with Gasteiger partial charge < -0.3 is 16.2 Å². The molecular weight excluding hydrogens is 340 g/mol. The Morgan fingerprint density at radius 1 is 1.00 bits per heavy atom. The van der Waals surface area contributed by atoms with Gasteiger partial charge >= 0.3 is 0 Å². The van der Waals surface area contributed by atoms with E-state index in [2.05, 4.69) is 9.97 Å². The summed E-state index contributed by atoms with van der Waals surface area (Å²) in [6.45, 7) is 0.470. The van der Waals surface area contributed by atoms with E-state index in [1.807, 2.05) is 42.5 Å². The molecule has 0 unspecified atom stereocenters. The molecule has 0 saturated carbocycles. The molecule has 6 N–H and O–H groups in total. The molecule has 27 heavy (non-hydrogen) atoms. The first kappa shape index (κ1) is 18.2. The standard InChI is InChI=1S/C20H22N6O/c21-12-17(26(23)18-7-4-10-24-20(18)22)11-16-8-9-19(25-13-16)27-14-15-5-2-1-3-6-15/h1-10,12-13H,11,14,21,23H2,(H2,22,24)/b17-12-. The Balaban J connectivity index is 1.63. The Labute approximate surface area is 158 Å². The number of allylic oxidation sites excluding steroid dienone is 1. The molecule has 1 aromatic carbocycles. The Bertz CT molecular complexity index is 896. The minimum Gasteiger partial charge on any atom is -0.473 e. The number of nitrogens with two attached hydrogens (primary N) is 3. The number of hydrogen-bond acceptors (Lipinski definition) is 7. The number of ether oxygens (including phenoxy) is 1. The molecule has 0 aliphatic carbocycles. The van der Waals surface area contributed by atoms with Crippen LogP contribution in [-0.4, -0.2) is 9.97 Å². The summed E-state index contributed by atoms with van der Waals surface area (Å²) in [5.41, 5.74) is 14.9. The van der Waals surface area contributed by atoms with Crippen LogP contribution in [0, 0.1) is 0 Å². The maximum atomic E-state index is 6.16. The summed E-state index contributed by atoms with van der Waals surface area (Å²) in [6.07, 6.45) is 5.29. The van der Waals surface area contributed by atoms with Gasteiger partial charge in [-0.3, -0.25) is 5.01 Å². The van der Waals surface area contributed by atoms with E-state index in [0.29, 0.717) is 36.1 Å². The highest BCUT2D eigenvalue weighted by atomic mass is 16.5. The molecule has 0 fully saturated rings. The highest BCUT2D eigenvalue weighted by molar-refractivity contribution is 5.65. The van der Waals surface area contributed by atoms with Crippen molar-refractivity contribution in [1.82, 2.24) is 9.97 Å². The van der Waals surface area contributed by atoms with Crippen LogP contribution in [-0.2, 0) is 13.0 Å². The maximum absolute atomic E-state index is 6.16. The molecule has 0 saturated heterocycles. The minimum atomic E-state index is 0.335. The van der Waals surface area contributed by atoms with Gasteiger partial charge in [-0.25, -0.2) is 15.8 Å². The molecule has 0 aliphatic heterocycles. The normalized spacial score (nSPS) is 11.2. The fraction of sp³-hybridized carbons (Fsp3) is 0.100. The number of hydrogen-bond donors (Lipinski definition) is 3. The number of pyridine rings is 2. The summed E-state index contributed by atoms with van der Waals surface area (Å²) in [6, 6.07) is 17.2. The SMILES string of the molecule is N/C=C(/Cc1ccc(OCc2ccccc2)nc1)N(N)c1cccnc1N. The van der Waals surface area contributed by atoms with Crippen LogP contribution in [0.5, 0.6) is 5.88 Å². The van der Waals surface area contributed by atoms with E-state index in [9.17, 15) is 0 Å². The predicted molar refractivity (Wildman–Crippen MR) is 106 cm³/mol. The zero-order valence-electron chi connectivity index (χ0n) is 14.8. The molecule has 0 bridgehead atoms. The lowest BCUT2D eigenvalue weighted by molar-refractivity contribution is 0.294. The van der Waals surface area contributed by atoms with Crippen molar-refractivity contribution < 1.29 is 4.74 Å². The van der Waals surface area contributed by atoms with Crippen molar-refractivity contribution in [3.63, 3.8) is 0 Å². The molecule has 3 aromatic rings. The zero-order chi connectivity index (χ0) is 19.1. The minimum absolute atomic E-state index is 0.335. The van der Waals surface area contributed by atoms with Gasteiger partial charge in [0.25, 0.3) is 0 Å². The van der Waals surface area contributed by atoms with Crippen LogP contribution in [0.25, 0.3) is 0 Å². The second-order valence-electron chi connectivity index (χ2n) is 5.89. The fourth-order valence-electron chi connectivity index (χ4n) is 2.53. The largest absolute Gasteiger partial charge is 0.473 e. The number of nitrogen functional groups attached to an aromatic ring is 1. The van der Waals surface area contributed by atoms with Gasteiger partial charge in [-0.1, -0.05) is 36.4 Å². The molecular formula is C20H22N6O. The van der Waals surface area contributed by atoms with E-state index in [0.717, 1.165) is 11.1 Å². The van der Waals surface area contributed by atoms with Crippen molar-refractivity contribution in [2.24, 2.45) is 11.6 Å². The van der Waals surface area contributed by atoms with Gasteiger partial charge in [-0.2, -0.15) is 0 Å². The average molecular weight is 362 g/mol. The molecule has 0 amide bonds. The Kier molecular flexibility index (Phi) is 5.86. The topological polar surface area (TPSA) is 116 Å². The molecule has 0 radical (unpaired) electrons. The molecule has 0 aliphatic rings. The summed E-state index contributed by atoms with van der Waals surface area (Å²) in [4.78, 5) is 8.38. The quantitative estimate of drug-likeness (QED) is 0.436. The third-order valence-corrected chi connectivity index (χ3v) is 3.99. The second-order valence-corrected chi connectivity index (χ2v) is 5.89. The average Bonchev–Trinajstić information content (AvgIpc) is 2.72. The summed E-state index contributed by atoms with van der Waals surface area (Å²) in [7, 11) is 0. The van der Waals surface area contributed by atoms with Gasteiger partial charge in [0, 0.05) is 31.1 Å². The van der Waals surface area contributed by atoms with Gasteiger partial charge in [-0.05, 0) is 23.3 Å². The van der Waals surface area contributed by atoms with Crippen LogP contribution in [0.3, 0.4) is 0 Å². The Morgan fingerprint density at radius 2 is 1.81 bits per heavy atom. The lowest BCUT2D eigenvalue weighted by atomic mass is 10.1. The number of rotatable bonds is 7. The van der Waals surface area contributed by atoms with Gasteiger partial charge in [0.15, 0.2) is 0 Å². The van der Waals surface area contributed by atoms with Crippen LogP contribution in [0.15, 0.2) is 78.9 Å². The number of nitrogens with zero attached hydrogens (tertiary/aromatic N) is 3. The first-order chi connectivity index (χ1) is 13.2. The van der Waals surface area contributed by atoms with Crippen LogP contribution in [0.2, 0.25) is 0 Å². The Hall–Kier alpha value is -3.58. The second kappa shape index (κ2) is 8.68. The highest BCUT2D eigenvalue weighted by Crippen LogP contribution is 2.22. The maximum Gasteiger partial charge on any atom is 0.213 e. The zero-order valence-corrected chi connectivity index (χ0v) is 14.8. The van der Waals surface area contributed by atoms with Gasteiger partial charge in [0.1, 0.15) is 12.4 Å². The van der Waals surface area contributed by atoms with E-state index in [1.165, 1.54) is 11.2 Å². The first-order valence-corrected chi connectivity index (χ1v) is 8.45. The summed E-state index contributed by atoms with van der Waals surface area (Å²) in [5, 5.41) is 1.43. The smallest absolute Gasteiger partial charge is 0.213 e. The number of hydrazine groups is 1. The highest BCUT2D eigenvalue weighted by Gasteiger charge is 2.12. The third kappa shape index (κ3) is 4.74. The van der Waals surface area contributed by atoms with E-state index in [-0.39, 0.29) is 0 Å². The summed E-state index contributed by atoms with van der Waals surface area (Å²) >= 11 is 0. The van der Waals surface area contributed by atoms with Crippen molar-refractivity contribution in [2.45, 2.75) is 13.0 Å². The van der Waals surface area contributed by atoms with Gasteiger partial charge in [0.2, 0.25) is 5.88 Å². The van der Waals surface area contributed by atoms with Crippen molar-refractivity contribution in [3.8, 4) is 5.88 Å². The molecule has 7 nitrogen and oxygen atoms in total. The van der Waals surface area contributed by atoms with E-state index >= 15 is 0 Å². The molecule has 138 valence electrons. The van der Waals surface area contributed by atoms with Crippen molar-refractivity contribution >= 4 is 11.5 Å². The molecule has 2 aromatic heterocycles. The van der Waals surface area contributed by atoms with E-state index in [1.54, 1.807) is 24.5 Å². The van der Waals surface area contributed by atoms with Crippen LogP contribution in [0.4, 0.5) is 11.5 Å². The fourth-order valence-corrected chi connectivity index (χ4v) is 2.53. The van der Waals surface area contributed by atoms with Crippen molar-refractivity contribution in [2.75, 3.05) is 10.7 Å².